The van der Waals surface area contributed by atoms with E-state index in [2.05, 4.69) is 4.74 Å². The fourth-order valence-electron chi connectivity index (χ4n) is 0.184. The molecule has 8 heavy (non-hydrogen) atoms. The summed E-state index contributed by atoms with van der Waals surface area (Å²) in [5, 5.41) is 8.58. The van der Waals surface area contributed by atoms with Crippen LogP contribution in [0.15, 0.2) is 0 Å². The van der Waals surface area contributed by atoms with Gasteiger partial charge in [-0.3, -0.25) is 4.79 Å². The Kier molecular flexibility index (Phi) is 1.62. The number of esters is 1. The van der Waals surface area contributed by atoms with Crippen LogP contribution in [0.5, 0.6) is 0 Å². The molecule has 0 spiro atoms. The smallest absolute Gasteiger partial charge is 0.305 e. The standard InChI is InChI=1S/C5H10O3/c1-8-5(7)3-2-4-6/h6H,2-4H2,1H3/i3D2,4D2. The maximum Gasteiger partial charge on any atom is 0.305 e. The molecule has 0 unspecified atom stereocenters. The molecule has 0 saturated carbocycles. The van der Waals surface area contributed by atoms with Gasteiger partial charge in [0.15, 0.2) is 0 Å². The summed E-state index contributed by atoms with van der Waals surface area (Å²) in [5.41, 5.74) is 0. The minimum atomic E-state index is -2.71. The SMILES string of the molecule is [2H]C([2H])(O)CC([2H])([2H])C(=O)OC. The van der Waals surface area contributed by atoms with Gasteiger partial charge in [0.05, 0.1) is 9.85 Å². The second-order valence-corrected chi connectivity index (χ2v) is 1.00. The summed E-state index contributed by atoms with van der Waals surface area (Å²) < 4.78 is 31.3. The van der Waals surface area contributed by atoms with Gasteiger partial charge < -0.3 is 9.84 Å². The lowest BCUT2D eigenvalue weighted by atomic mass is 10.3. The van der Waals surface area contributed by atoms with Gasteiger partial charge in [0.25, 0.3) is 0 Å². The summed E-state index contributed by atoms with van der Waals surface area (Å²) in [7, 11) is 0.993. The van der Waals surface area contributed by atoms with Crippen LogP contribution in [-0.4, -0.2) is 24.7 Å². The van der Waals surface area contributed by atoms with Crippen molar-refractivity contribution in [2.24, 2.45) is 0 Å². The van der Waals surface area contributed by atoms with E-state index in [1.165, 1.54) is 0 Å². The number of methoxy groups -OCH3 is 1. The first-order valence-corrected chi connectivity index (χ1v) is 2.00. The zero-order chi connectivity index (χ0) is 9.99. The fraction of sp³-hybridized carbons (Fsp3) is 0.800. The van der Waals surface area contributed by atoms with Crippen LogP contribution in [0.25, 0.3) is 0 Å². The van der Waals surface area contributed by atoms with Gasteiger partial charge in [0, 0.05) is 15.7 Å². The number of rotatable bonds is 3. The van der Waals surface area contributed by atoms with Crippen molar-refractivity contribution in [2.75, 3.05) is 13.7 Å². The summed E-state index contributed by atoms with van der Waals surface area (Å²) in [4.78, 5) is 10.6. The number of carbonyl (C=O) groups excluding carboxylic acids is 1. The predicted octanol–water partition coefficient (Wildman–Crippen LogP) is -0.0681. The Morgan fingerprint density at radius 2 is 2.62 bits per heavy atom. The quantitative estimate of drug-likeness (QED) is 0.533. The van der Waals surface area contributed by atoms with Gasteiger partial charge >= 0.3 is 5.97 Å². The summed E-state index contributed by atoms with van der Waals surface area (Å²) in [6.07, 6.45) is -3.43. The molecule has 0 aliphatic heterocycles. The van der Waals surface area contributed by atoms with Gasteiger partial charge in [0.2, 0.25) is 0 Å². The fourth-order valence-corrected chi connectivity index (χ4v) is 0.184. The number of hydrogen-bond acceptors (Lipinski definition) is 3. The molecule has 0 aliphatic rings. The molecule has 3 nitrogen and oxygen atoms in total. The summed E-state index contributed by atoms with van der Waals surface area (Å²) in [6.45, 7) is -2.71. The Balaban J connectivity index is 4.32. The van der Waals surface area contributed by atoms with E-state index >= 15 is 0 Å². The lowest BCUT2D eigenvalue weighted by Gasteiger charge is -1.93. The Bertz CT molecular complexity index is 174. The molecule has 0 atom stereocenters. The van der Waals surface area contributed by atoms with Gasteiger partial charge in [-0.1, -0.05) is 0 Å². The topological polar surface area (TPSA) is 46.5 Å². The van der Waals surface area contributed by atoms with Crippen molar-refractivity contribution < 1.29 is 20.1 Å². The van der Waals surface area contributed by atoms with E-state index in [-0.39, 0.29) is 0 Å². The molecule has 1 N–H and O–H groups in total. The molecule has 0 aliphatic carbocycles. The molecule has 0 amide bonds. The number of aliphatic hydroxyl groups is 1. The molecule has 3 heteroatoms. The van der Waals surface area contributed by atoms with Crippen molar-refractivity contribution in [3.05, 3.63) is 0 Å². The Hall–Kier alpha value is -0.570. The third-order valence-electron chi connectivity index (χ3n) is 0.497. The monoisotopic (exact) mass is 122 g/mol. The van der Waals surface area contributed by atoms with E-state index in [4.69, 9.17) is 10.6 Å². The average Bonchev–Trinajstić information content (AvgIpc) is 1.80. The minimum Gasteiger partial charge on any atom is -0.469 e. The average molecular weight is 122 g/mol. The maximum atomic E-state index is 10.6. The molecule has 0 radical (unpaired) electrons. The molecular weight excluding hydrogens is 108 g/mol. The van der Waals surface area contributed by atoms with E-state index in [0.29, 0.717) is 0 Å². The molecule has 0 aromatic carbocycles. The van der Waals surface area contributed by atoms with Crippen LogP contribution in [0.1, 0.15) is 18.3 Å². The lowest BCUT2D eigenvalue weighted by Crippen LogP contribution is -2.00. The van der Waals surface area contributed by atoms with Crippen LogP contribution in [0.3, 0.4) is 0 Å². The van der Waals surface area contributed by atoms with Gasteiger partial charge in [-0.15, -0.1) is 0 Å². The molecule has 0 heterocycles. The maximum absolute atomic E-state index is 10.6. The Labute approximate surface area is 53.9 Å². The normalized spacial score (nSPS) is 19.8. The van der Waals surface area contributed by atoms with Crippen molar-refractivity contribution >= 4 is 5.97 Å². The highest BCUT2D eigenvalue weighted by Crippen LogP contribution is 1.87. The highest BCUT2D eigenvalue weighted by molar-refractivity contribution is 5.68. The first kappa shape index (κ1) is 2.82. The first-order valence-electron chi connectivity index (χ1n) is 4.00. The van der Waals surface area contributed by atoms with Gasteiger partial charge in [-0.05, 0) is 6.42 Å². The van der Waals surface area contributed by atoms with E-state index < -0.39 is 25.3 Å². The number of hydrogen-bond donors (Lipinski definition) is 1. The molecule has 0 rings (SSSR count). The van der Waals surface area contributed by atoms with Crippen molar-refractivity contribution in [1.82, 2.24) is 0 Å². The predicted molar refractivity (Wildman–Crippen MR) is 28.3 cm³/mol. The zero-order valence-electron chi connectivity index (χ0n) is 8.47. The summed E-state index contributed by atoms with van der Waals surface area (Å²) >= 11 is 0. The second-order valence-electron chi connectivity index (χ2n) is 1.00. The molecule has 48 valence electrons. The van der Waals surface area contributed by atoms with Crippen LogP contribution in [-0.2, 0) is 9.53 Å². The van der Waals surface area contributed by atoms with Crippen molar-refractivity contribution in [1.29, 1.82) is 0 Å². The summed E-state index contributed by atoms with van der Waals surface area (Å²) in [6, 6.07) is 0. The molecule has 0 bridgehead atoms. The van der Waals surface area contributed by atoms with Crippen LogP contribution < -0.4 is 0 Å². The van der Waals surface area contributed by atoms with Crippen LogP contribution in [0.4, 0.5) is 0 Å². The zero-order valence-corrected chi connectivity index (χ0v) is 4.47. The summed E-state index contributed by atoms with van der Waals surface area (Å²) in [5.74, 6) is -1.19. The second kappa shape index (κ2) is 4.59. The van der Waals surface area contributed by atoms with Crippen molar-refractivity contribution in [2.45, 2.75) is 12.8 Å². The first-order chi connectivity index (χ1) is 5.19. The van der Waals surface area contributed by atoms with Gasteiger partial charge in [-0.2, -0.15) is 0 Å². The number of carbonyl (C=O) groups is 1. The third-order valence-corrected chi connectivity index (χ3v) is 0.497. The molecular formula is C5H10O3. The Morgan fingerprint density at radius 3 is 3.00 bits per heavy atom. The van der Waals surface area contributed by atoms with Crippen LogP contribution >= 0.6 is 0 Å². The largest absolute Gasteiger partial charge is 0.469 e. The highest BCUT2D eigenvalue weighted by atomic mass is 16.5. The van der Waals surface area contributed by atoms with Gasteiger partial charge in [0.1, 0.15) is 0 Å². The van der Waals surface area contributed by atoms with E-state index in [9.17, 15) is 4.79 Å². The van der Waals surface area contributed by atoms with Crippen molar-refractivity contribution in [3.8, 4) is 0 Å². The molecule has 0 aromatic heterocycles. The van der Waals surface area contributed by atoms with Crippen molar-refractivity contribution in [3.63, 3.8) is 0 Å². The number of ether oxygens (including phenoxy) is 1. The van der Waals surface area contributed by atoms with Crippen LogP contribution in [0, 0.1) is 0 Å². The molecule has 0 aromatic rings. The van der Waals surface area contributed by atoms with Gasteiger partial charge in [-0.25, -0.2) is 0 Å². The van der Waals surface area contributed by atoms with E-state index in [1.54, 1.807) is 0 Å². The van der Waals surface area contributed by atoms with E-state index in [1.807, 2.05) is 0 Å². The Morgan fingerprint density at radius 1 is 2.00 bits per heavy atom. The molecule has 0 saturated heterocycles. The molecule has 0 fully saturated rings. The highest BCUT2D eigenvalue weighted by Gasteiger charge is 1.95. The van der Waals surface area contributed by atoms with Crippen LogP contribution in [0.2, 0.25) is 0 Å². The third kappa shape index (κ3) is 3.61. The minimum absolute atomic E-state index is 0.938. The van der Waals surface area contributed by atoms with E-state index in [0.717, 1.165) is 7.11 Å². The lowest BCUT2D eigenvalue weighted by molar-refractivity contribution is -0.140.